The van der Waals surface area contributed by atoms with Gasteiger partial charge in [-0.1, -0.05) is 0 Å². The van der Waals surface area contributed by atoms with Crippen molar-refractivity contribution in [2.24, 2.45) is 11.7 Å². The molecule has 1 fully saturated rings. The number of rotatable bonds is 3. The minimum atomic E-state index is 0.493. The number of nitrogens with zero attached hydrogens (tertiary/aromatic N) is 1. The quantitative estimate of drug-likeness (QED) is 0.857. The van der Waals surface area contributed by atoms with E-state index < -0.39 is 0 Å². The SMILES string of the molecule is CC(C)N1CCC(CN)C1c1cc(Br)c(Br)s1. The first-order chi connectivity index (χ1) is 8.04. The molecule has 0 saturated carbocycles. The highest BCUT2D eigenvalue weighted by Crippen LogP contribution is 2.44. The summed E-state index contributed by atoms with van der Waals surface area (Å²) in [7, 11) is 0. The normalized spacial score (nSPS) is 26.0. The zero-order valence-corrected chi connectivity index (χ0v) is 14.1. The number of hydrogen-bond acceptors (Lipinski definition) is 3. The van der Waals surface area contributed by atoms with Crippen molar-refractivity contribution in [1.29, 1.82) is 0 Å². The molecule has 0 bridgehead atoms. The van der Waals surface area contributed by atoms with E-state index in [0.29, 0.717) is 18.0 Å². The van der Waals surface area contributed by atoms with Gasteiger partial charge in [0.15, 0.2) is 0 Å². The molecule has 0 aromatic carbocycles. The summed E-state index contributed by atoms with van der Waals surface area (Å²) >= 11 is 8.98. The van der Waals surface area contributed by atoms with Crippen LogP contribution in [0.4, 0.5) is 0 Å². The van der Waals surface area contributed by atoms with Crippen LogP contribution in [-0.2, 0) is 0 Å². The lowest BCUT2D eigenvalue weighted by molar-refractivity contribution is 0.187. The van der Waals surface area contributed by atoms with Crippen molar-refractivity contribution < 1.29 is 0 Å². The van der Waals surface area contributed by atoms with Crippen molar-refractivity contribution in [2.45, 2.75) is 32.4 Å². The van der Waals surface area contributed by atoms with Crippen LogP contribution in [0.15, 0.2) is 14.3 Å². The van der Waals surface area contributed by atoms with Crippen molar-refractivity contribution in [2.75, 3.05) is 13.1 Å². The van der Waals surface area contributed by atoms with E-state index in [1.165, 1.54) is 15.1 Å². The minimum absolute atomic E-state index is 0.493. The van der Waals surface area contributed by atoms with Crippen LogP contribution in [0, 0.1) is 5.92 Å². The van der Waals surface area contributed by atoms with Crippen LogP contribution < -0.4 is 5.73 Å². The van der Waals surface area contributed by atoms with E-state index in [9.17, 15) is 0 Å². The van der Waals surface area contributed by atoms with E-state index in [1.807, 2.05) is 11.3 Å². The fourth-order valence-electron chi connectivity index (χ4n) is 2.61. The molecule has 2 atom stereocenters. The maximum atomic E-state index is 5.92. The lowest BCUT2D eigenvalue weighted by atomic mass is 9.99. The van der Waals surface area contributed by atoms with Gasteiger partial charge in [-0.3, -0.25) is 4.90 Å². The first-order valence-electron chi connectivity index (χ1n) is 5.95. The summed E-state index contributed by atoms with van der Waals surface area (Å²) in [5.41, 5.74) is 5.92. The van der Waals surface area contributed by atoms with Crippen molar-refractivity contribution in [3.63, 3.8) is 0 Å². The Kier molecular flexibility index (Phi) is 4.69. The summed E-state index contributed by atoms with van der Waals surface area (Å²) in [6.07, 6.45) is 1.21. The summed E-state index contributed by atoms with van der Waals surface area (Å²) in [5, 5.41) is 0. The predicted octanol–water partition coefficient (Wildman–Crippen LogP) is 4.00. The molecule has 2 heterocycles. The van der Waals surface area contributed by atoms with Gasteiger partial charge in [0.25, 0.3) is 0 Å². The topological polar surface area (TPSA) is 29.3 Å². The average Bonchev–Trinajstić information content (AvgIpc) is 2.82. The number of thiophene rings is 1. The van der Waals surface area contributed by atoms with Gasteiger partial charge < -0.3 is 5.73 Å². The molecule has 17 heavy (non-hydrogen) atoms. The highest BCUT2D eigenvalue weighted by Gasteiger charge is 2.36. The summed E-state index contributed by atoms with van der Waals surface area (Å²) in [6, 6.07) is 3.31. The van der Waals surface area contributed by atoms with E-state index >= 15 is 0 Å². The van der Waals surface area contributed by atoms with Gasteiger partial charge in [0.2, 0.25) is 0 Å². The third-order valence-electron chi connectivity index (χ3n) is 3.48. The summed E-state index contributed by atoms with van der Waals surface area (Å²) in [5.74, 6) is 0.592. The molecule has 0 spiro atoms. The number of nitrogens with two attached hydrogens (primary N) is 1. The molecule has 2 nitrogen and oxygen atoms in total. The van der Waals surface area contributed by atoms with Gasteiger partial charge in [-0.2, -0.15) is 0 Å². The van der Waals surface area contributed by atoms with Crippen LogP contribution in [0.1, 0.15) is 31.2 Å². The Bertz CT molecular complexity index is 372. The van der Waals surface area contributed by atoms with Gasteiger partial charge in [-0.05, 0) is 77.2 Å². The van der Waals surface area contributed by atoms with Crippen LogP contribution in [0.2, 0.25) is 0 Å². The molecule has 0 amide bonds. The van der Waals surface area contributed by atoms with Crippen molar-refractivity contribution in [3.05, 3.63) is 19.2 Å². The monoisotopic (exact) mass is 380 g/mol. The second kappa shape index (κ2) is 5.70. The van der Waals surface area contributed by atoms with E-state index in [0.717, 1.165) is 17.6 Å². The maximum absolute atomic E-state index is 5.92. The van der Waals surface area contributed by atoms with Crippen LogP contribution >= 0.6 is 43.2 Å². The van der Waals surface area contributed by atoms with Gasteiger partial charge >= 0.3 is 0 Å². The molecule has 1 aromatic rings. The molecule has 1 aliphatic heterocycles. The maximum Gasteiger partial charge on any atom is 0.0843 e. The lowest BCUT2D eigenvalue weighted by Gasteiger charge is -2.30. The highest BCUT2D eigenvalue weighted by atomic mass is 79.9. The van der Waals surface area contributed by atoms with Gasteiger partial charge in [0, 0.05) is 21.4 Å². The molecule has 5 heteroatoms. The van der Waals surface area contributed by atoms with Gasteiger partial charge in [-0.15, -0.1) is 11.3 Å². The van der Waals surface area contributed by atoms with E-state index in [4.69, 9.17) is 5.73 Å². The molecule has 96 valence electrons. The first-order valence-corrected chi connectivity index (χ1v) is 8.35. The summed E-state index contributed by atoms with van der Waals surface area (Å²) in [4.78, 5) is 3.99. The van der Waals surface area contributed by atoms with E-state index in [-0.39, 0.29) is 0 Å². The Labute approximate surface area is 124 Å². The average molecular weight is 382 g/mol. The second-order valence-electron chi connectivity index (χ2n) is 4.83. The van der Waals surface area contributed by atoms with Gasteiger partial charge in [-0.25, -0.2) is 0 Å². The fourth-order valence-corrected chi connectivity index (χ4v) is 4.92. The highest BCUT2D eigenvalue weighted by molar-refractivity contribution is 9.13. The Hall–Kier alpha value is 0.580. The second-order valence-corrected chi connectivity index (χ2v) is 8.09. The minimum Gasteiger partial charge on any atom is -0.330 e. The summed E-state index contributed by atoms with van der Waals surface area (Å²) in [6.45, 7) is 6.48. The first kappa shape index (κ1) is 14.0. The fraction of sp³-hybridized carbons (Fsp3) is 0.667. The standard InChI is InChI=1S/C12H18Br2N2S/c1-7(2)16-4-3-8(6-15)11(16)10-5-9(13)12(14)17-10/h5,7-8,11H,3-4,6,15H2,1-2H3. The van der Waals surface area contributed by atoms with Gasteiger partial charge in [0.05, 0.1) is 3.79 Å². The zero-order valence-electron chi connectivity index (χ0n) is 10.1. The molecule has 1 aliphatic rings. The van der Waals surface area contributed by atoms with Crippen molar-refractivity contribution in [1.82, 2.24) is 4.90 Å². The Morgan fingerprint density at radius 1 is 1.53 bits per heavy atom. The van der Waals surface area contributed by atoms with Crippen LogP contribution in [0.25, 0.3) is 0 Å². The molecule has 2 unspecified atom stereocenters. The number of hydrogen-bond donors (Lipinski definition) is 1. The van der Waals surface area contributed by atoms with E-state index in [1.54, 1.807) is 0 Å². The third kappa shape index (κ3) is 2.78. The third-order valence-corrected chi connectivity index (χ3v) is 6.81. The molecule has 0 aliphatic carbocycles. The Balaban J connectivity index is 2.31. The van der Waals surface area contributed by atoms with Crippen molar-refractivity contribution in [3.8, 4) is 0 Å². The number of halogens is 2. The molecule has 1 saturated heterocycles. The lowest BCUT2D eigenvalue weighted by Crippen LogP contribution is -2.32. The van der Waals surface area contributed by atoms with Crippen molar-refractivity contribution >= 4 is 43.2 Å². The van der Waals surface area contributed by atoms with E-state index in [2.05, 4.69) is 56.7 Å². The molecule has 0 radical (unpaired) electrons. The van der Waals surface area contributed by atoms with Crippen LogP contribution in [-0.4, -0.2) is 24.0 Å². The molecule has 2 rings (SSSR count). The van der Waals surface area contributed by atoms with Crippen LogP contribution in [0.3, 0.4) is 0 Å². The molecule has 1 aromatic heterocycles. The smallest absolute Gasteiger partial charge is 0.0843 e. The molecular weight excluding hydrogens is 364 g/mol. The largest absolute Gasteiger partial charge is 0.330 e. The Morgan fingerprint density at radius 3 is 2.71 bits per heavy atom. The predicted molar refractivity (Wildman–Crippen MR) is 81.5 cm³/mol. The van der Waals surface area contributed by atoms with Gasteiger partial charge in [0.1, 0.15) is 0 Å². The summed E-state index contributed by atoms with van der Waals surface area (Å²) < 4.78 is 2.34. The molecule has 2 N–H and O–H groups in total. The molecular formula is C12H18Br2N2S. The number of likely N-dealkylation sites (tertiary alicyclic amines) is 1. The zero-order chi connectivity index (χ0) is 12.6. The van der Waals surface area contributed by atoms with Crippen LogP contribution in [0.5, 0.6) is 0 Å². The Morgan fingerprint density at radius 2 is 2.24 bits per heavy atom.